The molecule has 3 N–H and O–H groups in total. The summed E-state index contributed by atoms with van der Waals surface area (Å²) in [5.74, 6) is 2.50. The quantitative estimate of drug-likeness (QED) is 0.318. The zero-order valence-corrected chi connectivity index (χ0v) is 27.2. The fraction of sp³-hybridized carbons (Fsp3) is 0.703. The second kappa shape index (κ2) is 12.0. The van der Waals surface area contributed by atoms with E-state index >= 15 is 0 Å². The van der Waals surface area contributed by atoms with Crippen molar-refractivity contribution in [2.75, 3.05) is 26.7 Å². The third-order valence-corrected chi connectivity index (χ3v) is 13.3. The summed E-state index contributed by atoms with van der Waals surface area (Å²) in [5, 5.41) is 13.9. The number of carbonyl (C=O) groups excluding carboxylic acids is 1. The first kappa shape index (κ1) is 30.9. The predicted molar refractivity (Wildman–Crippen MR) is 172 cm³/mol. The highest BCUT2D eigenvalue weighted by Crippen LogP contribution is 2.65. The van der Waals surface area contributed by atoms with Gasteiger partial charge in [0, 0.05) is 24.5 Å². The highest BCUT2D eigenvalue weighted by molar-refractivity contribution is 5.77. The van der Waals surface area contributed by atoms with Gasteiger partial charge in [-0.15, -0.1) is 0 Å². The highest BCUT2D eigenvalue weighted by Gasteiger charge is 2.58. The molecule has 0 spiro atoms. The molecule has 1 heterocycles. The molecule has 1 saturated heterocycles. The molecule has 1 aromatic carbocycles. The Hall–Kier alpha value is -2.15. The Bertz CT molecular complexity index is 1230. The number of fused-ring (bicyclic) bond motifs is 5. The van der Waals surface area contributed by atoms with Crippen molar-refractivity contribution in [2.24, 2.45) is 34.5 Å². The number of allylic oxidation sites excluding steroid dienone is 3. The van der Waals surface area contributed by atoms with Crippen molar-refractivity contribution in [2.45, 2.75) is 103 Å². The maximum absolute atomic E-state index is 12.8. The Morgan fingerprint density at radius 2 is 1.88 bits per heavy atom. The van der Waals surface area contributed by atoms with E-state index in [2.05, 4.69) is 92.9 Å². The summed E-state index contributed by atoms with van der Waals surface area (Å²) in [4.78, 5) is 21.0. The largest absolute Gasteiger partial charge is 0.393 e. The van der Waals surface area contributed by atoms with E-state index < -0.39 is 0 Å². The van der Waals surface area contributed by atoms with E-state index in [1.165, 1.54) is 30.4 Å². The Balaban J connectivity index is 1.00. The molecule has 1 aliphatic heterocycles. The van der Waals surface area contributed by atoms with Gasteiger partial charge in [-0.05, 0) is 118 Å². The van der Waals surface area contributed by atoms with Gasteiger partial charge in [0.15, 0.2) is 6.61 Å². The number of amides is 1. The molecule has 1 amide bonds. The molecule has 236 valence electrons. The lowest BCUT2D eigenvalue weighted by Crippen LogP contribution is -2.52. The highest BCUT2D eigenvalue weighted by atomic mass is 16.6. The van der Waals surface area contributed by atoms with E-state index in [0.29, 0.717) is 30.3 Å². The van der Waals surface area contributed by atoms with Crippen LogP contribution in [-0.2, 0) is 15.0 Å². The number of likely N-dealkylation sites (tertiary alicyclic amines) is 1. The van der Waals surface area contributed by atoms with Gasteiger partial charge in [0.2, 0.25) is 5.91 Å². The van der Waals surface area contributed by atoms with Gasteiger partial charge in [0.1, 0.15) is 0 Å². The average molecular weight is 590 g/mol. The number of piperidine rings is 1. The van der Waals surface area contributed by atoms with Crippen LogP contribution < -0.4 is 10.8 Å². The SMILES string of the molecule is C[C@@H]1C[C@](CCNC(=O)CONC2=CC[C@]3(C)C(=C2)CC[C@H]2[C@H]3CC[C@]3(C)[C@H](O)CC[C@@H]23)(c2ccccc2)[C@@H](C)CN1C. The summed E-state index contributed by atoms with van der Waals surface area (Å²) in [7, 11) is 2.22. The monoisotopic (exact) mass is 589 g/mol. The molecule has 0 aromatic heterocycles. The van der Waals surface area contributed by atoms with E-state index in [4.69, 9.17) is 4.84 Å². The van der Waals surface area contributed by atoms with Crippen LogP contribution in [0.15, 0.2) is 53.8 Å². The molecular weight excluding hydrogens is 534 g/mol. The lowest BCUT2D eigenvalue weighted by molar-refractivity contribution is -0.127. The fourth-order valence-electron chi connectivity index (χ4n) is 10.5. The van der Waals surface area contributed by atoms with Crippen LogP contribution in [0.4, 0.5) is 0 Å². The van der Waals surface area contributed by atoms with Gasteiger partial charge in [-0.25, -0.2) is 0 Å². The predicted octanol–water partition coefficient (Wildman–Crippen LogP) is 6.13. The Morgan fingerprint density at radius 3 is 2.67 bits per heavy atom. The van der Waals surface area contributed by atoms with Crippen LogP contribution in [0.3, 0.4) is 0 Å². The normalized spacial score (nSPS) is 40.9. The lowest BCUT2D eigenvalue weighted by atomic mass is 9.48. The first-order valence-corrected chi connectivity index (χ1v) is 17.1. The topological polar surface area (TPSA) is 73.8 Å². The Labute approximate surface area is 259 Å². The van der Waals surface area contributed by atoms with Gasteiger partial charge >= 0.3 is 0 Å². The first-order valence-electron chi connectivity index (χ1n) is 17.1. The summed E-state index contributed by atoms with van der Waals surface area (Å²) in [6, 6.07) is 11.4. The molecule has 43 heavy (non-hydrogen) atoms. The molecule has 4 aliphatic carbocycles. The molecule has 6 heteroatoms. The molecule has 3 saturated carbocycles. The van der Waals surface area contributed by atoms with Crippen molar-refractivity contribution in [1.29, 1.82) is 0 Å². The second-order valence-electron chi connectivity index (χ2n) is 15.4. The Kier molecular flexibility index (Phi) is 8.60. The van der Waals surface area contributed by atoms with E-state index in [9.17, 15) is 9.90 Å². The van der Waals surface area contributed by atoms with E-state index in [0.717, 1.165) is 56.7 Å². The first-order chi connectivity index (χ1) is 20.6. The number of aliphatic hydroxyl groups excluding tert-OH is 1. The molecule has 0 unspecified atom stereocenters. The van der Waals surface area contributed by atoms with Crippen LogP contribution in [0.1, 0.15) is 91.0 Å². The molecule has 0 radical (unpaired) electrons. The van der Waals surface area contributed by atoms with Gasteiger partial charge in [-0.3, -0.25) is 15.1 Å². The summed E-state index contributed by atoms with van der Waals surface area (Å²) in [6.45, 7) is 11.2. The standard InChI is InChI=1S/C37H55N3O3/c1-25-23-40(5)26(2)22-37(25,27-9-7-6-8-10-27)19-20-38-34(42)24-43-39-29-15-17-35(3)28(21-29)11-12-30-31-13-14-33(41)36(31,4)18-16-32(30)35/h6-10,15,21,25-26,30-33,39,41H,11-14,16-20,22-24H2,1-5H3,(H,38,42)/t25-,26+,30+,31-,32+,33+,35+,36-,37-/m0/s1. The van der Waals surface area contributed by atoms with Gasteiger partial charge in [0.25, 0.3) is 0 Å². The number of hydroxylamine groups is 1. The number of nitrogens with one attached hydrogen (secondary N) is 2. The number of nitrogens with zero attached hydrogens (tertiary/aromatic N) is 1. The van der Waals surface area contributed by atoms with Gasteiger partial charge in [0.05, 0.1) is 11.8 Å². The molecule has 6 rings (SSSR count). The van der Waals surface area contributed by atoms with Crippen molar-refractivity contribution in [1.82, 2.24) is 15.7 Å². The van der Waals surface area contributed by atoms with Crippen molar-refractivity contribution in [3.05, 3.63) is 59.3 Å². The summed E-state index contributed by atoms with van der Waals surface area (Å²) < 4.78 is 0. The number of rotatable bonds is 8. The summed E-state index contributed by atoms with van der Waals surface area (Å²) in [6.07, 6.45) is 14.4. The third-order valence-electron chi connectivity index (χ3n) is 13.3. The molecule has 5 aliphatic rings. The van der Waals surface area contributed by atoms with E-state index in [-0.39, 0.29) is 34.9 Å². The molecular formula is C37H55N3O3. The van der Waals surface area contributed by atoms with Crippen LogP contribution in [0.5, 0.6) is 0 Å². The zero-order chi connectivity index (χ0) is 30.4. The molecule has 9 atom stereocenters. The fourth-order valence-corrected chi connectivity index (χ4v) is 10.5. The van der Waals surface area contributed by atoms with Crippen molar-refractivity contribution >= 4 is 5.91 Å². The minimum Gasteiger partial charge on any atom is -0.393 e. The van der Waals surface area contributed by atoms with Crippen LogP contribution in [0.25, 0.3) is 0 Å². The summed E-state index contributed by atoms with van der Waals surface area (Å²) >= 11 is 0. The second-order valence-corrected chi connectivity index (χ2v) is 15.4. The van der Waals surface area contributed by atoms with E-state index in [1.807, 2.05) is 0 Å². The number of aliphatic hydroxyl groups is 1. The van der Waals surface area contributed by atoms with Crippen molar-refractivity contribution in [3.63, 3.8) is 0 Å². The maximum Gasteiger partial charge on any atom is 0.248 e. The summed E-state index contributed by atoms with van der Waals surface area (Å²) in [5.41, 5.74) is 7.36. The van der Waals surface area contributed by atoms with Crippen molar-refractivity contribution < 1.29 is 14.7 Å². The number of benzene rings is 1. The molecule has 1 aromatic rings. The third kappa shape index (κ3) is 5.50. The van der Waals surface area contributed by atoms with Crippen LogP contribution in [-0.4, -0.2) is 54.8 Å². The maximum atomic E-state index is 12.8. The van der Waals surface area contributed by atoms with Crippen LogP contribution >= 0.6 is 0 Å². The molecule has 6 nitrogen and oxygen atoms in total. The minimum atomic E-state index is -0.119. The minimum absolute atomic E-state index is 0.00188. The number of hydrogen-bond acceptors (Lipinski definition) is 5. The van der Waals surface area contributed by atoms with Gasteiger partial charge in [-0.2, -0.15) is 0 Å². The van der Waals surface area contributed by atoms with Crippen molar-refractivity contribution in [3.8, 4) is 0 Å². The molecule has 4 fully saturated rings. The van der Waals surface area contributed by atoms with Gasteiger partial charge in [-0.1, -0.05) is 62.8 Å². The zero-order valence-electron chi connectivity index (χ0n) is 27.2. The van der Waals surface area contributed by atoms with Crippen LogP contribution in [0, 0.1) is 34.5 Å². The number of hydrogen-bond donors (Lipinski definition) is 3. The Morgan fingerprint density at radius 1 is 1.09 bits per heavy atom. The van der Waals surface area contributed by atoms with E-state index in [1.54, 1.807) is 0 Å². The lowest BCUT2D eigenvalue weighted by Gasteiger charge is -2.57. The van der Waals surface area contributed by atoms with Crippen LogP contribution in [0.2, 0.25) is 0 Å². The number of carbonyl (C=O) groups is 1. The molecule has 0 bridgehead atoms. The smallest absolute Gasteiger partial charge is 0.248 e. The average Bonchev–Trinajstić information content (AvgIpc) is 3.30. The van der Waals surface area contributed by atoms with Gasteiger partial charge < -0.3 is 15.3 Å².